The number of aliphatic hydroxyl groups is 1. The van der Waals surface area contributed by atoms with Crippen molar-refractivity contribution in [1.82, 2.24) is 4.98 Å². The summed E-state index contributed by atoms with van der Waals surface area (Å²) in [6.07, 6.45) is 2.56. The zero-order chi connectivity index (χ0) is 13.5. The van der Waals surface area contributed by atoms with Crippen LogP contribution in [-0.4, -0.2) is 15.8 Å². The predicted octanol–water partition coefficient (Wildman–Crippen LogP) is 3.74. The molecule has 4 rings (SSSR count). The number of thiazole rings is 1. The highest BCUT2D eigenvalue weighted by Gasteiger charge is 2.29. The molecule has 0 fully saturated rings. The van der Waals surface area contributed by atoms with Crippen LogP contribution >= 0.6 is 23.1 Å². The Kier molecular flexibility index (Phi) is 3.21. The Morgan fingerprint density at radius 3 is 3.10 bits per heavy atom. The molecule has 2 unspecified atom stereocenters. The highest BCUT2D eigenvalue weighted by atomic mass is 32.2. The SMILES string of the molecule is OC1CCCc2nc(C3CSc4ccccc4O3)sc21. The first-order chi connectivity index (χ1) is 9.81. The lowest BCUT2D eigenvalue weighted by Crippen LogP contribution is -2.14. The summed E-state index contributed by atoms with van der Waals surface area (Å²) in [5, 5.41) is 11.1. The van der Waals surface area contributed by atoms with Crippen LogP contribution in [0.25, 0.3) is 0 Å². The molecule has 2 aromatic rings. The number of hydrogen-bond acceptors (Lipinski definition) is 5. The molecule has 5 heteroatoms. The van der Waals surface area contributed by atoms with E-state index in [1.165, 1.54) is 4.90 Å². The number of aromatic nitrogens is 1. The topological polar surface area (TPSA) is 42.4 Å². The number of ether oxygens (including phenoxy) is 1. The number of hydrogen-bond donors (Lipinski definition) is 1. The average molecular weight is 305 g/mol. The van der Waals surface area contributed by atoms with Crippen molar-refractivity contribution in [3.8, 4) is 5.75 Å². The van der Waals surface area contributed by atoms with E-state index in [1.807, 2.05) is 30.0 Å². The minimum absolute atomic E-state index is 0.0118. The molecule has 1 aromatic heterocycles. The highest BCUT2D eigenvalue weighted by molar-refractivity contribution is 7.99. The Morgan fingerprint density at radius 1 is 1.30 bits per heavy atom. The van der Waals surface area contributed by atoms with E-state index in [-0.39, 0.29) is 12.2 Å². The summed E-state index contributed by atoms with van der Waals surface area (Å²) in [7, 11) is 0. The van der Waals surface area contributed by atoms with Crippen molar-refractivity contribution in [3.05, 3.63) is 39.8 Å². The molecule has 1 aliphatic heterocycles. The van der Waals surface area contributed by atoms with E-state index in [9.17, 15) is 5.11 Å². The predicted molar refractivity (Wildman–Crippen MR) is 80.5 cm³/mol. The van der Waals surface area contributed by atoms with Gasteiger partial charge in [0.25, 0.3) is 0 Å². The van der Waals surface area contributed by atoms with E-state index >= 15 is 0 Å². The van der Waals surface area contributed by atoms with Gasteiger partial charge in [0, 0.05) is 10.6 Å². The summed E-state index contributed by atoms with van der Waals surface area (Å²) < 4.78 is 6.08. The first-order valence-corrected chi connectivity index (χ1v) is 8.67. The normalized spacial score (nSPS) is 24.6. The fraction of sp³-hybridized carbons (Fsp3) is 0.400. The number of rotatable bonds is 1. The molecule has 0 saturated carbocycles. The van der Waals surface area contributed by atoms with Crippen LogP contribution in [-0.2, 0) is 6.42 Å². The smallest absolute Gasteiger partial charge is 0.159 e. The summed E-state index contributed by atoms with van der Waals surface area (Å²) in [5.74, 6) is 1.84. The molecule has 20 heavy (non-hydrogen) atoms. The Morgan fingerprint density at radius 2 is 2.20 bits per heavy atom. The van der Waals surface area contributed by atoms with Gasteiger partial charge in [0.05, 0.1) is 16.7 Å². The largest absolute Gasteiger partial charge is 0.481 e. The van der Waals surface area contributed by atoms with Crippen LogP contribution in [0, 0.1) is 0 Å². The van der Waals surface area contributed by atoms with Gasteiger partial charge in [0.15, 0.2) is 6.10 Å². The molecule has 1 aliphatic carbocycles. The third-order valence-corrected chi connectivity index (χ3v) is 6.13. The van der Waals surface area contributed by atoms with Crippen molar-refractivity contribution in [2.45, 2.75) is 36.4 Å². The van der Waals surface area contributed by atoms with E-state index in [4.69, 9.17) is 9.72 Å². The van der Waals surface area contributed by atoms with Crippen molar-refractivity contribution < 1.29 is 9.84 Å². The molecule has 0 spiro atoms. The number of nitrogens with zero attached hydrogens (tertiary/aromatic N) is 1. The summed E-state index contributed by atoms with van der Waals surface area (Å²) in [4.78, 5) is 6.97. The molecule has 0 saturated heterocycles. The summed E-state index contributed by atoms with van der Waals surface area (Å²) in [5.41, 5.74) is 1.08. The maximum Gasteiger partial charge on any atom is 0.159 e. The molecular formula is C15H15NO2S2. The van der Waals surface area contributed by atoms with E-state index in [0.29, 0.717) is 0 Å². The molecular weight excluding hydrogens is 290 g/mol. The Labute approximate surface area is 126 Å². The van der Waals surface area contributed by atoms with Crippen LogP contribution in [0.15, 0.2) is 29.2 Å². The molecule has 1 aromatic carbocycles. The van der Waals surface area contributed by atoms with Crippen molar-refractivity contribution in [3.63, 3.8) is 0 Å². The Balaban J connectivity index is 1.63. The van der Waals surface area contributed by atoms with Gasteiger partial charge in [-0.05, 0) is 31.4 Å². The van der Waals surface area contributed by atoms with Crippen molar-refractivity contribution in [1.29, 1.82) is 0 Å². The second kappa shape index (κ2) is 5.06. The second-order valence-corrected chi connectivity index (χ2v) is 7.26. The zero-order valence-corrected chi connectivity index (χ0v) is 12.5. The number of aliphatic hydroxyl groups excluding tert-OH is 1. The van der Waals surface area contributed by atoms with Crippen LogP contribution in [0.3, 0.4) is 0 Å². The van der Waals surface area contributed by atoms with Crippen LogP contribution < -0.4 is 4.74 Å². The van der Waals surface area contributed by atoms with Crippen LogP contribution in [0.2, 0.25) is 0 Å². The van der Waals surface area contributed by atoms with E-state index < -0.39 is 0 Å². The fourth-order valence-electron chi connectivity index (χ4n) is 2.69. The second-order valence-electron chi connectivity index (χ2n) is 5.14. The number of thioether (sulfide) groups is 1. The van der Waals surface area contributed by atoms with Gasteiger partial charge in [-0.15, -0.1) is 23.1 Å². The number of para-hydroxylation sites is 1. The summed E-state index contributed by atoms with van der Waals surface area (Å²) in [6.45, 7) is 0. The van der Waals surface area contributed by atoms with Crippen LogP contribution in [0.4, 0.5) is 0 Å². The summed E-state index contributed by atoms with van der Waals surface area (Å²) >= 11 is 3.44. The molecule has 2 heterocycles. The number of benzene rings is 1. The van der Waals surface area contributed by atoms with Gasteiger partial charge in [-0.25, -0.2) is 4.98 Å². The Bertz CT molecular complexity index is 641. The van der Waals surface area contributed by atoms with Crippen molar-refractivity contribution in [2.75, 3.05) is 5.75 Å². The lowest BCUT2D eigenvalue weighted by atomic mass is 10.0. The maximum absolute atomic E-state index is 10.1. The van der Waals surface area contributed by atoms with Gasteiger partial charge >= 0.3 is 0 Å². The van der Waals surface area contributed by atoms with Crippen LogP contribution in [0.1, 0.15) is 40.6 Å². The molecule has 1 N–H and O–H groups in total. The van der Waals surface area contributed by atoms with Gasteiger partial charge in [-0.1, -0.05) is 12.1 Å². The third-order valence-electron chi connectivity index (χ3n) is 3.72. The van der Waals surface area contributed by atoms with Gasteiger partial charge in [0.2, 0.25) is 0 Å². The molecule has 2 aliphatic rings. The fourth-order valence-corrected chi connectivity index (χ4v) is 4.95. The van der Waals surface area contributed by atoms with Crippen molar-refractivity contribution >= 4 is 23.1 Å². The molecule has 2 atom stereocenters. The highest BCUT2D eigenvalue weighted by Crippen LogP contribution is 2.43. The molecule has 3 nitrogen and oxygen atoms in total. The van der Waals surface area contributed by atoms with E-state index in [2.05, 4.69) is 6.07 Å². The van der Waals surface area contributed by atoms with Gasteiger partial charge in [-0.2, -0.15) is 0 Å². The lowest BCUT2D eigenvalue weighted by Gasteiger charge is -2.23. The number of fused-ring (bicyclic) bond motifs is 2. The maximum atomic E-state index is 10.1. The molecule has 104 valence electrons. The van der Waals surface area contributed by atoms with Crippen molar-refractivity contribution in [2.24, 2.45) is 0 Å². The third kappa shape index (κ3) is 2.14. The first-order valence-electron chi connectivity index (χ1n) is 6.87. The Hall–Kier alpha value is -1.04. The van der Waals surface area contributed by atoms with E-state index in [1.54, 1.807) is 11.3 Å². The molecule has 0 amide bonds. The van der Waals surface area contributed by atoms with Gasteiger partial charge in [-0.3, -0.25) is 0 Å². The number of aryl methyl sites for hydroxylation is 1. The standard InChI is InChI=1S/C15H15NO2S2/c17-10-5-3-4-9-14(10)20-15(16-9)12-8-19-13-7-2-1-6-11(13)18-12/h1-2,6-7,10,12,17H,3-5,8H2. The average Bonchev–Trinajstić information content (AvgIpc) is 2.92. The first kappa shape index (κ1) is 12.7. The van der Waals surface area contributed by atoms with Gasteiger partial charge < -0.3 is 9.84 Å². The monoisotopic (exact) mass is 305 g/mol. The molecule has 0 radical (unpaired) electrons. The lowest BCUT2D eigenvalue weighted by molar-refractivity contribution is 0.160. The quantitative estimate of drug-likeness (QED) is 0.871. The summed E-state index contributed by atoms with van der Waals surface area (Å²) in [6, 6.07) is 8.14. The van der Waals surface area contributed by atoms with Gasteiger partial charge in [0.1, 0.15) is 10.8 Å². The molecule has 0 bridgehead atoms. The minimum atomic E-state index is -0.325. The zero-order valence-electron chi connectivity index (χ0n) is 10.9. The van der Waals surface area contributed by atoms with E-state index in [0.717, 1.165) is 46.3 Å². The van der Waals surface area contributed by atoms with Crippen LogP contribution in [0.5, 0.6) is 5.75 Å². The minimum Gasteiger partial charge on any atom is -0.481 e.